The van der Waals surface area contributed by atoms with E-state index in [0.717, 1.165) is 0 Å². The van der Waals surface area contributed by atoms with Crippen LogP contribution in [-0.4, -0.2) is 0 Å². The summed E-state index contributed by atoms with van der Waals surface area (Å²) < 4.78 is 0. The summed E-state index contributed by atoms with van der Waals surface area (Å²) in [6.45, 7) is 0. The van der Waals surface area contributed by atoms with Gasteiger partial charge in [-0.1, -0.05) is 224 Å². The summed E-state index contributed by atoms with van der Waals surface area (Å²) in [5.41, 5.74) is 10.0. The Bertz CT molecular complexity index is 3650. The lowest BCUT2D eigenvalue weighted by Gasteiger charge is -2.20. The lowest BCUT2D eigenvalue weighted by molar-refractivity contribution is 1.66. The van der Waals surface area contributed by atoms with E-state index in [0.29, 0.717) is 0 Å². The summed E-state index contributed by atoms with van der Waals surface area (Å²) in [5, 5.41) is 17.7. The standard InChI is InChI=1S/C60H38/c1-3-19-43-39(16-1)18-15-31-49(43)52-36-34-40(44-20-5-7-23-47(44)52)32-33-41-35-37-57(50-25-8-6-21-45(41)50)59-53-27-11-13-29-55(53)60(56-30-14-12-28-54(56)59)58-38-42-17-2-4-22-46(42)48-24-9-10-26-51(48)58/h1-38H/b33-32+. The molecule has 0 unspecified atom stereocenters. The average molecular weight is 759 g/mol. The molecule has 0 aliphatic heterocycles. The Labute approximate surface area is 348 Å². The van der Waals surface area contributed by atoms with E-state index in [-0.39, 0.29) is 0 Å². The van der Waals surface area contributed by atoms with Gasteiger partial charge in [0.05, 0.1) is 0 Å². The van der Waals surface area contributed by atoms with Crippen LogP contribution in [0.4, 0.5) is 0 Å². The van der Waals surface area contributed by atoms with E-state index >= 15 is 0 Å². The van der Waals surface area contributed by atoms with Crippen molar-refractivity contribution >= 4 is 87.6 Å². The number of benzene rings is 12. The predicted octanol–water partition coefficient (Wildman–Crippen LogP) is 16.9. The van der Waals surface area contributed by atoms with Gasteiger partial charge in [-0.05, 0) is 126 Å². The molecular formula is C60H38. The summed E-state index contributed by atoms with van der Waals surface area (Å²) in [4.78, 5) is 0. The molecule has 0 aliphatic carbocycles. The zero-order valence-corrected chi connectivity index (χ0v) is 32.9. The monoisotopic (exact) mass is 758 g/mol. The van der Waals surface area contributed by atoms with Crippen molar-refractivity contribution in [1.82, 2.24) is 0 Å². The Balaban J connectivity index is 1.03. The van der Waals surface area contributed by atoms with Crippen LogP contribution in [-0.2, 0) is 0 Å². The molecule has 0 amide bonds. The second-order valence-electron chi connectivity index (χ2n) is 15.9. The normalized spacial score (nSPS) is 11.9. The Morgan fingerprint density at radius 3 is 1.15 bits per heavy atom. The van der Waals surface area contributed by atoms with Crippen molar-refractivity contribution in [2.75, 3.05) is 0 Å². The summed E-state index contributed by atoms with van der Waals surface area (Å²) in [6.07, 6.45) is 4.60. The van der Waals surface area contributed by atoms with Gasteiger partial charge >= 0.3 is 0 Å². The minimum Gasteiger partial charge on any atom is -0.0616 e. The van der Waals surface area contributed by atoms with Crippen molar-refractivity contribution < 1.29 is 0 Å². The molecule has 0 atom stereocenters. The molecule has 0 spiro atoms. The van der Waals surface area contributed by atoms with Gasteiger partial charge in [0.15, 0.2) is 0 Å². The fourth-order valence-electron chi connectivity index (χ4n) is 10.00. The van der Waals surface area contributed by atoms with E-state index in [9.17, 15) is 0 Å². The van der Waals surface area contributed by atoms with Crippen LogP contribution in [0.25, 0.3) is 121 Å². The maximum Gasteiger partial charge on any atom is -0.00199 e. The van der Waals surface area contributed by atoms with Gasteiger partial charge in [0, 0.05) is 0 Å². The van der Waals surface area contributed by atoms with Crippen LogP contribution in [0.3, 0.4) is 0 Å². The molecule has 12 rings (SSSR count). The van der Waals surface area contributed by atoms with Crippen molar-refractivity contribution in [3.8, 4) is 33.4 Å². The first-order chi connectivity index (χ1) is 29.8. The van der Waals surface area contributed by atoms with E-state index in [1.807, 2.05) is 0 Å². The molecule has 0 N–H and O–H groups in total. The molecule has 278 valence electrons. The highest BCUT2D eigenvalue weighted by atomic mass is 14.2. The summed E-state index contributed by atoms with van der Waals surface area (Å²) >= 11 is 0. The highest BCUT2D eigenvalue weighted by Gasteiger charge is 2.20. The molecule has 0 saturated heterocycles. The third-order valence-electron chi connectivity index (χ3n) is 12.7. The predicted molar refractivity (Wildman–Crippen MR) is 261 cm³/mol. The van der Waals surface area contributed by atoms with Crippen LogP contribution >= 0.6 is 0 Å². The van der Waals surface area contributed by atoms with Crippen LogP contribution in [0.2, 0.25) is 0 Å². The highest BCUT2D eigenvalue weighted by molar-refractivity contribution is 6.27. The minimum atomic E-state index is 1.20. The van der Waals surface area contributed by atoms with Crippen LogP contribution in [0.15, 0.2) is 218 Å². The fourth-order valence-corrected chi connectivity index (χ4v) is 10.00. The van der Waals surface area contributed by atoms with Crippen molar-refractivity contribution in [3.63, 3.8) is 0 Å². The SMILES string of the molecule is C(=C\c1ccc(-c2c3ccccc3c(-c3cc4ccccc4c4ccccc34)c3ccccc23)c2ccccc12)/c1ccc(-c2cccc3ccccc23)c2ccccc12. The molecule has 60 heavy (non-hydrogen) atoms. The van der Waals surface area contributed by atoms with Gasteiger partial charge in [0.2, 0.25) is 0 Å². The molecule has 0 nitrogen and oxygen atoms in total. The molecule has 0 fully saturated rings. The van der Waals surface area contributed by atoms with E-state index < -0.39 is 0 Å². The molecule has 0 aromatic heterocycles. The van der Waals surface area contributed by atoms with Gasteiger partial charge in [0.1, 0.15) is 0 Å². The quantitative estimate of drug-likeness (QED) is 0.0931. The second-order valence-corrected chi connectivity index (χ2v) is 15.9. The topological polar surface area (TPSA) is 0 Å². The van der Waals surface area contributed by atoms with Crippen molar-refractivity contribution in [2.45, 2.75) is 0 Å². The van der Waals surface area contributed by atoms with Crippen molar-refractivity contribution in [2.24, 2.45) is 0 Å². The van der Waals surface area contributed by atoms with E-state index in [1.165, 1.54) is 120 Å². The summed E-state index contributed by atoms with van der Waals surface area (Å²) in [7, 11) is 0. The first-order valence-electron chi connectivity index (χ1n) is 20.8. The van der Waals surface area contributed by atoms with E-state index in [1.54, 1.807) is 0 Å². The molecule has 12 aromatic rings. The Morgan fingerprint density at radius 1 is 0.200 bits per heavy atom. The minimum absolute atomic E-state index is 1.20. The summed E-state index contributed by atoms with van der Waals surface area (Å²) in [5.74, 6) is 0. The number of hydrogen-bond donors (Lipinski definition) is 0. The van der Waals surface area contributed by atoms with E-state index in [2.05, 4.69) is 231 Å². The molecule has 12 aromatic carbocycles. The molecule has 0 heterocycles. The lowest BCUT2D eigenvalue weighted by Crippen LogP contribution is -1.93. The third kappa shape index (κ3) is 5.39. The van der Waals surface area contributed by atoms with Gasteiger partial charge in [0.25, 0.3) is 0 Å². The summed E-state index contributed by atoms with van der Waals surface area (Å²) in [6, 6.07) is 80.4. The van der Waals surface area contributed by atoms with Gasteiger partial charge in [-0.3, -0.25) is 0 Å². The maximum atomic E-state index is 2.41. The third-order valence-corrected chi connectivity index (χ3v) is 12.7. The van der Waals surface area contributed by atoms with Crippen molar-refractivity contribution in [1.29, 1.82) is 0 Å². The van der Waals surface area contributed by atoms with Crippen LogP contribution < -0.4 is 0 Å². The first-order valence-corrected chi connectivity index (χ1v) is 20.8. The zero-order chi connectivity index (χ0) is 39.6. The highest BCUT2D eigenvalue weighted by Crippen LogP contribution is 2.48. The Morgan fingerprint density at radius 2 is 0.567 bits per heavy atom. The van der Waals surface area contributed by atoms with Gasteiger partial charge < -0.3 is 0 Å². The Hall–Kier alpha value is -7.80. The maximum absolute atomic E-state index is 2.41. The van der Waals surface area contributed by atoms with E-state index in [4.69, 9.17) is 0 Å². The van der Waals surface area contributed by atoms with Crippen LogP contribution in [0.1, 0.15) is 11.1 Å². The van der Waals surface area contributed by atoms with Gasteiger partial charge in [-0.25, -0.2) is 0 Å². The smallest absolute Gasteiger partial charge is 0.00199 e. The molecule has 0 radical (unpaired) electrons. The molecular weight excluding hydrogens is 721 g/mol. The first kappa shape index (κ1) is 34.3. The van der Waals surface area contributed by atoms with Crippen LogP contribution in [0.5, 0.6) is 0 Å². The second kappa shape index (κ2) is 13.9. The largest absolute Gasteiger partial charge is 0.0616 e. The average Bonchev–Trinajstić information content (AvgIpc) is 3.32. The molecule has 0 saturated carbocycles. The lowest BCUT2D eigenvalue weighted by atomic mass is 9.82. The number of fused-ring (bicyclic) bond motifs is 8. The molecule has 0 bridgehead atoms. The zero-order valence-electron chi connectivity index (χ0n) is 32.9. The molecule has 0 aliphatic rings. The fraction of sp³-hybridized carbons (Fsp3) is 0. The number of rotatable bonds is 5. The Kier molecular flexibility index (Phi) is 7.96. The molecule has 0 heteroatoms. The van der Waals surface area contributed by atoms with Gasteiger partial charge in [-0.15, -0.1) is 0 Å². The van der Waals surface area contributed by atoms with Crippen molar-refractivity contribution in [3.05, 3.63) is 230 Å². The van der Waals surface area contributed by atoms with Gasteiger partial charge in [-0.2, -0.15) is 0 Å². The number of hydrogen-bond acceptors (Lipinski definition) is 0. The van der Waals surface area contributed by atoms with Crippen LogP contribution in [0, 0.1) is 0 Å².